The smallest absolute Gasteiger partial charge is 0.157 e. The largest absolute Gasteiger partial charge is 0.366 e. The van der Waals surface area contributed by atoms with Crippen molar-refractivity contribution >= 4 is 22.4 Å². The Kier molecular flexibility index (Phi) is 2.08. The summed E-state index contributed by atoms with van der Waals surface area (Å²) in [6, 6.07) is 12.6. The van der Waals surface area contributed by atoms with Crippen molar-refractivity contribution in [1.29, 1.82) is 0 Å². The summed E-state index contributed by atoms with van der Waals surface area (Å²) < 4.78 is 0. The fourth-order valence-corrected chi connectivity index (χ4v) is 3.47. The summed E-state index contributed by atoms with van der Waals surface area (Å²) in [5.74, 6) is 0.970. The lowest BCUT2D eigenvalue weighted by Gasteiger charge is -2.12. The van der Waals surface area contributed by atoms with Gasteiger partial charge in [-0.1, -0.05) is 24.3 Å². The molecular weight excluding hydrogens is 260 g/mol. The Labute approximate surface area is 122 Å². The van der Waals surface area contributed by atoms with Crippen LogP contribution in [0.25, 0.3) is 22.4 Å². The Morgan fingerprint density at radius 2 is 2.05 bits per heavy atom. The molecule has 21 heavy (non-hydrogen) atoms. The number of aromatic nitrogens is 3. The topological polar surface area (TPSA) is 44.8 Å². The van der Waals surface area contributed by atoms with Gasteiger partial charge in [0, 0.05) is 30.4 Å². The van der Waals surface area contributed by atoms with Crippen molar-refractivity contribution in [3.05, 3.63) is 59.5 Å². The predicted molar refractivity (Wildman–Crippen MR) is 82.2 cm³/mol. The molecule has 0 saturated heterocycles. The molecule has 2 aliphatic rings. The standard InChI is InChI=1S/C17H14N4/c1-2-5-12-11(4-1)10-21-9-7-13(15(12)21)16-19-14-6-3-8-18-17(14)20-16/h1-6,8H,7,9-10H2,(H,18,19,20). The highest BCUT2D eigenvalue weighted by atomic mass is 15.2. The van der Waals surface area contributed by atoms with E-state index in [-0.39, 0.29) is 0 Å². The molecule has 0 bridgehead atoms. The van der Waals surface area contributed by atoms with Gasteiger partial charge in [-0.15, -0.1) is 0 Å². The molecule has 0 amide bonds. The average molecular weight is 274 g/mol. The third kappa shape index (κ3) is 1.50. The Hall–Kier alpha value is -2.62. The first-order valence-corrected chi connectivity index (χ1v) is 7.27. The molecule has 0 aliphatic carbocycles. The first-order valence-electron chi connectivity index (χ1n) is 7.27. The average Bonchev–Trinajstić information content (AvgIpc) is 3.19. The van der Waals surface area contributed by atoms with E-state index < -0.39 is 0 Å². The van der Waals surface area contributed by atoms with Gasteiger partial charge >= 0.3 is 0 Å². The molecule has 3 aromatic rings. The van der Waals surface area contributed by atoms with E-state index in [1.807, 2.05) is 12.1 Å². The third-order valence-electron chi connectivity index (χ3n) is 4.41. The molecule has 2 aliphatic heterocycles. The van der Waals surface area contributed by atoms with Crippen molar-refractivity contribution in [2.24, 2.45) is 0 Å². The van der Waals surface area contributed by atoms with Gasteiger partial charge in [-0.25, -0.2) is 9.97 Å². The number of fused-ring (bicyclic) bond motifs is 4. The van der Waals surface area contributed by atoms with Crippen LogP contribution in [-0.4, -0.2) is 26.4 Å². The molecule has 2 aromatic heterocycles. The van der Waals surface area contributed by atoms with E-state index in [9.17, 15) is 0 Å². The summed E-state index contributed by atoms with van der Waals surface area (Å²) in [6.45, 7) is 2.09. The molecule has 0 atom stereocenters. The van der Waals surface area contributed by atoms with Crippen LogP contribution >= 0.6 is 0 Å². The zero-order chi connectivity index (χ0) is 13.8. The lowest BCUT2D eigenvalue weighted by molar-refractivity contribution is 0.439. The van der Waals surface area contributed by atoms with E-state index in [1.165, 1.54) is 22.4 Å². The first kappa shape index (κ1) is 11.1. The summed E-state index contributed by atoms with van der Waals surface area (Å²) in [7, 11) is 0. The number of nitrogens with one attached hydrogen (secondary N) is 1. The maximum Gasteiger partial charge on any atom is 0.157 e. The monoisotopic (exact) mass is 274 g/mol. The van der Waals surface area contributed by atoms with Crippen molar-refractivity contribution in [3.63, 3.8) is 0 Å². The van der Waals surface area contributed by atoms with Gasteiger partial charge in [0.25, 0.3) is 0 Å². The molecule has 0 spiro atoms. The van der Waals surface area contributed by atoms with Crippen LogP contribution < -0.4 is 0 Å². The number of nitrogens with zero attached hydrogens (tertiary/aromatic N) is 3. The third-order valence-corrected chi connectivity index (χ3v) is 4.41. The van der Waals surface area contributed by atoms with Crippen molar-refractivity contribution in [2.75, 3.05) is 6.54 Å². The SMILES string of the molecule is c1ccc2c(c1)CN1CCC(c3nc4cccnc4[nH]3)=C21. The second-order valence-corrected chi connectivity index (χ2v) is 5.61. The number of pyridine rings is 1. The van der Waals surface area contributed by atoms with Gasteiger partial charge < -0.3 is 9.88 Å². The molecule has 0 radical (unpaired) electrons. The Bertz CT molecular complexity index is 857. The zero-order valence-corrected chi connectivity index (χ0v) is 11.5. The van der Waals surface area contributed by atoms with Gasteiger partial charge in [0.15, 0.2) is 5.65 Å². The van der Waals surface area contributed by atoms with Gasteiger partial charge in [-0.05, 0) is 24.1 Å². The molecule has 0 unspecified atom stereocenters. The summed E-state index contributed by atoms with van der Waals surface area (Å²) in [4.78, 5) is 14.9. The number of hydrogen-bond acceptors (Lipinski definition) is 3. The van der Waals surface area contributed by atoms with Gasteiger partial charge in [-0.2, -0.15) is 0 Å². The Morgan fingerprint density at radius 3 is 3.00 bits per heavy atom. The number of aromatic amines is 1. The van der Waals surface area contributed by atoms with Gasteiger partial charge in [0.05, 0.1) is 5.70 Å². The first-order chi connectivity index (χ1) is 10.4. The maximum absolute atomic E-state index is 4.73. The molecule has 1 N–H and O–H groups in total. The fraction of sp³-hybridized carbons (Fsp3) is 0.176. The lowest BCUT2D eigenvalue weighted by atomic mass is 10.0. The maximum atomic E-state index is 4.73. The highest BCUT2D eigenvalue weighted by molar-refractivity contribution is 5.94. The minimum atomic E-state index is 0.866. The molecule has 1 aromatic carbocycles. The predicted octanol–water partition coefficient (Wildman–Crippen LogP) is 3.05. The summed E-state index contributed by atoms with van der Waals surface area (Å²) >= 11 is 0. The summed E-state index contributed by atoms with van der Waals surface area (Å²) in [5.41, 5.74) is 7.25. The quantitative estimate of drug-likeness (QED) is 0.741. The van der Waals surface area contributed by atoms with Crippen LogP contribution in [0.4, 0.5) is 0 Å². The zero-order valence-electron chi connectivity index (χ0n) is 11.5. The van der Waals surface area contributed by atoms with E-state index in [1.54, 1.807) is 6.20 Å². The Balaban J connectivity index is 1.74. The molecule has 4 heteroatoms. The number of H-pyrrole nitrogens is 1. The van der Waals surface area contributed by atoms with Crippen LogP contribution in [0.1, 0.15) is 23.4 Å². The van der Waals surface area contributed by atoms with Gasteiger partial charge in [0.1, 0.15) is 11.3 Å². The Morgan fingerprint density at radius 1 is 1.10 bits per heavy atom. The normalized spacial score (nSPS) is 16.7. The minimum Gasteiger partial charge on any atom is -0.366 e. The molecule has 0 saturated carbocycles. The highest BCUT2D eigenvalue weighted by Crippen LogP contribution is 2.43. The molecule has 5 rings (SSSR count). The number of imidazole rings is 1. The molecule has 4 nitrogen and oxygen atoms in total. The molecule has 0 fully saturated rings. The van der Waals surface area contributed by atoms with Crippen molar-refractivity contribution in [3.8, 4) is 0 Å². The van der Waals surface area contributed by atoms with Crippen molar-refractivity contribution in [1.82, 2.24) is 19.9 Å². The van der Waals surface area contributed by atoms with Gasteiger partial charge in [-0.3, -0.25) is 0 Å². The van der Waals surface area contributed by atoms with E-state index in [0.29, 0.717) is 0 Å². The van der Waals surface area contributed by atoms with E-state index >= 15 is 0 Å². The van der Waals surface area contributed by atoms with E-state index in [0.717, 1.165) is 36.5 Å². The second-order valence-electron chi connectivity index (χ2n) is 5.61. The summed E-state index contributed by atoms with van der Waals surface area (Å²) in [6.07, 6.45) is 2.84. The molecule has 4 heterocycles. The van der Waals surface area contributed by atoms with Crippen molar-refractivity contribution in [2.45, 2.75) is 13.0 Å². The van der Waals surface area contributed by atoms with E-state index in [4.69, 9.17) is 4.98 Å². The van der Waals surface area contributed by atoms with Crippen LogP contribution in [-0.2, 0) is 6.54 Å². The number of hydrogen-bond donors (Lipinski definition) is 1. The van der Waals surface area contributed by atoms with E-state index in [2.05, 4.69) is 39.1 Å². The highest BCUT2D eigenvalue weighted by Gasteiger charge is 2.32. The van der Waals surface area contributed by atoms with Crippen LogP contribution in [0.3, 0.4) is 0 Å². The summed E-state index contributed by atoms with van der Waals surface area (Å²) in [5, 5.41) is 0. The number of rotatable bonds is 1. The lowest BCUT2D eigenvalue weighted by Crippen LogP contribution is -2.10. The van der Waals surface area contributed by atoms with Crippen LogP contribution in [0.5, 0.6) is 0 Å². The number of benzene rings is 1. The van der Waals surface area contributed by atoms with Crippen molar-refractivity contribution < 1.29 is 0 Å². The molecular formula is C17H14N4. The fourth-order valence-electron chi connectivity index (χ4n) is 3.47. The van der Waals surface area contributed by atoms with Gasteiger partial charge in [0.2, 0.25) is 0 Å². The van der Waals surface area contributed by atoms with Crippen LogP contribution in [0.15, 0.2) is 42.6 Å². The van der Waals surface area contributed by atoms with Crippen LogP contribution in [0.2, 0.25) is 0 Å². The van der Waals surface area contributed by atoms with Crippen LogP contribution in [0, 0.1) is 0 Å². The molecule has 102 valence electrons. The second kappa shape index (κ2) is 3.95. The minimum absolute atomic E-state index is 0.866.